The minimum atomic E-state index is -0.520. The molecule has 1 heterocycles. The van der Waals surface area contributed by atoms with Gasteiger partial charge >= 0.3 is 0 Å². The zero-order valence-corrected chi connectivity index (χ0v) is 9.82. The summed E-state index contributed by atoms with van der Waals surface area (Å²) < 4.78 is 5.27. The van der Waals surface area contributed by atoms with Gasteiger partial charge in [-0.2, -0.15) is 0 Å². The maximum absolute atomic E-state index is 9.96. The fraction of sp³-hybridized carbons (Fsp3) is 0.583. The van der Waals surface area contributed by atoms with Crippen LogP contribution in [0.2, 0.25) is 0 Å². The molecule has 0 aliphatic rings. The van der Waals surface area contributed by atoms with Gasteiger partial charge in [-0.1, -0.05) is 6.07 Å². The second-order valence-electron chi connectivity index (χ2n) is 4.42. The molecule has 0 amide bonds. The van der Waals surface area contributed by atoms with Gasteiger partial charge in [-0.3, -0.25) is 4.98 Å². The number of aliphatic hydroxyl groups excluding tert-OH is 1. The lowest BCUT2D eigenvalue weighted by atomic mass is 9.97. The molecule has 3 heteroatoms. The van der Waals surface area contributed by atoms with Gasteiger partial charge < -0.3 is 9.84 Å². The molecule has 15 heavy (non-hydrogen) atoms. The largest absolute Gasteiger partial charge is 0.388 e. The molecule has 0 spiro atoms. The molecule has 1 aromatic rings. The third kappa shape index (κ3) is 3.61. The van der Waals surface area contributed by atoms with E-state index in [0.717, 1.165) is 11.3 Å². The maximum Gasteiger partial charge on any atom is 0.0832 e. The van der Waals surface area contributed by atoms with Gasteiger partial charge in [0.15, 0.2) is 0 Å². The zero-order chi connectivity index (χ0) is 11.5. The van der Waals surface area contributed by atoms with Crippen LogP contribution in [0.1, 0.15) is 37.6 Å². The number of rotatable bonds is 4. The summed E-state index contributed by atoms with van der Waals surface area (Å²) in [5.41, 5.74) is 1.48. The summed E-state index contributed by atoms with van der Waals surface area (Å²) >= 11 is 0. The van der Waals surface area contributed by atoms with Crippen molar-refractivity contribution in [2.45, 2.75) is 38.9 Å². The molecule has 0 saturated heterocycles. The van der Waals surface area contributed by atoms with Crippen molar-refractivity contribution in [2.75, 3.05) is 7.11 Å². The third-order valence-electron chi connectivity index (χ3n) is 2.56. The van der Waals surface area contributed by atoms with E-state index in [1.54, 1.807) is 13.3 Å². The number of aromatic nitrogens is 1. The molecule has 0 aliphatic carbocycles. The molecule has 0 bridgehead atoms. The highest BCUT2D eigenvalue weighted by molar-refractivity contribution is 5.16. The van der Waals surface area contributed by atoms with Crippen LogP contribution in [-0.4, -0.2) is 22.8 Å². The lowest BCUT2D eigenvalue weighted by molar-refractivity contribution is -0.0201. The molecular formula is C12H19NO2. The minimum absolute atomic E-state index is 0.315. The van der Waals surface area contributed by atoms with Crippen LogP contribution in [0.3, 0.4) is 0 Å². The topological polar surface area (TPSA) is 42.4 Å². The van der Waals surface area contributed by atoms with Crippen molar-refractivity contribution in [3.05, 3.63) is 29.6 Å². The average molecular weight is 209 g/mol. The predicted molar refractivity (Wildman–Crippen MR) is 59.6 cm³/mol. The number of hydrogen-bond donors (Lipinski definition) is 1. The SMILES string of the molecule is COC(C)(C)CC(O)c1ccc(C)nc1. The van der Waals surface area contributed by atoms with Crippen LogP contribution in [0.15, 0.2) is 18.3 Å². The molecule has 0 radical (unpaired) electrons. The molecule has 0 aromatic carbocycles. The van der Waals surface area contributed by atoms with E-state index in [-0.39, 0.29) is 5.60 Å². The first-order valence-corrected chi connectivity index (χ1v) is 5.10. The summed E-state index contributed by atoms with van der Waals surface area (Å²) in [7, 11) is 1.65. The van der Waals surface area contributed by atoms with Crippen molar-refractivity contribution in [2.24, 2.45) is 0 Å². The summed E-state index contributed by atoms with van der Waals surface area (Å²) in [6.07, 6.45) is 1.76. The van der Waals surface area contributed by atoms with Crippen LogP contribution in [-0.2, 0) is 4.74 Å². The Hall–Kier alpha value is -0.930. The number of aliphatic hydroxyl groups is 1. The lowest BCUT2D eigenvalue weighted by Gasteiger charge is -2.25. The highest BCUT2D eigenvalue weighted by Gasteiger charge is 2.22. The predicted octanol–water partition coefficient (Wildman–Crippen LogP) is 2.24. The first-order valence-electron chi connectivity index (χ1n) is 5.10. The fourth-order valence-electron chi connectivity index (χ4n) is 1.34. The molecule has 1 unspecified atom stereocenters. The number of nitrogens with zero attached hydrogens (tertiary/aromatic N) is 1. The summed E-state index contributed by atoms with van der Waals surface area (Å²) in [5, 5.41) is 9.96. The van der Waals surface area contributed by atoms with Crippen LogP contribution < -0.4 is 0 Å². The van der Waals surface area contributed by atoms with Crippen LogP contribution in [0, 0.1) is 6.92 Å². The molecule has 3 nitrogen and oxygen atoms in total. The number of hydrogen-bond acceptors (Lipinski definition) is 3. The molecule has 1 aromatic heterocycles. The number of pyridine rings is 1. The molecule has 84 valence electrons. The first-order chi connectivity index (χ1) is 6.94. The minimum Gasteiger partial charge on any atom is -0.388 e. The Bertz CT molecular complexity index is 306. The number of methoxy groups -OCH3 is 1. The monoisotopic (exact) mass is 209 g/mol. The third-order valence-corrected chi connectivity index (χ3v) is 2.56. The van der Waals surface area contributed by atoms with E-state index in [9.17, 15) is 5.11 Å². The highest BCUT2D eigenvalue weighted by atomic mass is 16.5. The van der Waals surface area contributed by atoms with Gasteiger partial charge in [0.05, 0.1) is 11.7 Å². The van der Waals surface area contributed by atoms with Crippen molar-refractivity contribution in [3.8, 4) is 0 Å². The van der Waals surface area contributed by atoms with Gasteiger partial charge in [-0.25, -0.2) is 0 Å². The standard InChI is InChI=1S/C12H19NO2/c1-9-5-6-10(8-13-9)11(14)7-12(2,3)15-4/h5-6,8,11,14H,7H2,1-4H3. The number of ether oxygens (including phenoxy) is 1. The van der Waals surface area contributed by atoms with Crippen LogP contribution >= 0.6 is 0 Å². The Balaban J connectivity index is 2.69. The van der Waals surface area contributed by atoms with Gasteiger partial charge in [0.1, 0.15) is 0 Å². The van der Waals surface area contributed by atoms with Crippen molar-refractivity contribution < 1.29 is 9.84 Å². The summed E-state index contributed by atoms with van der Waals surface area (Å²) in [5.74, 6) is 0. The second-order valence-corrected chi connectivity index (χ2v) is 4.42. The van der Waals surface area contributed by atoms with Gasteiger partial charge in [-0.05, 0) is 32.4 Å². The van der Waals surface area contributed by atoms with E-state index in [1.165, 1.54) is 0 Å². The maximum atomic E-state index is 9.96. The summed E-state index contributed by atoms with van der Waals surface area (Å²) in [4.78, 5) is 4.16. The van der Waals surface area contributed by atoms with Crippen LogP contribution in [0.25, 0.3) is 0 Å². The van der Waals surface area contributed by atoms with E-state index in [1.807, 2.05) is 32.9 Å². The Morgan fingerprint density at radius 2 is 2.13 bits per heavy atom. The molecule has 0 saturated carbocycles. The zero-order valence-electron chi connectivity index (χ0n) is 9.82. The normalized spacial score (nSPS) is 13.9. The lowest BCUT2D eigenvalue weighted by Crippen LogP contribution is -2.25. The number of aryl methyl sites for hydroxylation is 1. The molecule has 0 fully saturated rings. The molecular weight excluding hydrogens is 190 g/mol. The van der Waals surface area contributed by atoms with E-state index in [2.05, 4.69) is 4.98 Å². The first kappa shape index (κ1) is 12.1. The van der Waals surface area contributed by atoms with Gasteiger partial charge in [0.25, 0.3) is 0 Å². The van der Waals surface area contributed by atoms with E-state index >= 15 is 0 Å². The molecule has 0 aliphatic heterocycles. The smallest absolute Gasteiger partial charge is 0.0832 e. The van der Waals surface area contributed by atoms with Gasteiger partial charge in [-0.15, -0.1) is 0 Å². The average Bonchev–Trinajstić information content (AvgIpc) is 2.18. The molecule has 1 rings (SSSR count). The Morgan fingerprint density at radius 3 is 2.60 bits per heavy atom. The Kier molecular flexibility index (Phi) is 3.83. The van der Waals surface area contributed by atoms with Crippen LogP contribution in [0.5, 0.6) is 0 Å². The van der Waals surface area contributed by atoms with Gasteiger partial charge in [0, 0.05) is 25.4 Å². The highest BCUT2D eigenvalue weighted by Crippen LogP contribution is 2.25. The quantitative estimate of drug-likeness (QED) is 0.827. The Labute approximate surface area is 91.1 Å². The summed E-state index contributed by atoms with van der Waals surface area (Å²) in [6, 6.07) is 3.80. The van der Waals surface area contributed by atoms with E-state index in [4.69, 9.17) is 4.74 Å². The fourth-order valence-corrected chi connectivity index (χ4v) is 1.34. The van der Waals surface area contributed by atoms with Crippen molar-refractivity contribution >= 4 is 0 Å². The van der Waals surface area contributed by atoms with E-state index < -0.39 is 6.10 Å². The van der Waals surface area contributed by atoms with Gasteiger partial charge in [0.2, 0.25) is 0 Å². The van der Waals surface area contributed by atoms with Crippen molar-refractivity contribution in [1.29, 1.82) is 0 Å². The molecule has 1 atom stereocenters. The summed E-state index contributed by atoms with van der Waals surface area (Å²) in [6.45, 7) is 5.84. The van der Waals surface area contributed by atoms with Crippen molar-refractivity contribution in [1.82, 2.24) is 4.98 Å². The van der Waals surface area contributed by atoms with Crippen molar-refractivity contribution in [3.63, 3.8) is 0 Å². The van der Waals surface area contributed by atoms with E-state index in [0.29, 0.717) is 6.42 Å². The Morgan fingerprint density at radius 1 is 1.47 bits per heavy atom. The second kappa shape index (κ2) is 4.73. The molecule has 1 N–H and O–H groups in total. The van der Waals surface area contributed by atoms with Crippen LogP contribution in [0.4, 0.5) is 0 Å².